The first-order valence-corrected chi connectivity index (χ1v) is 6.56. The number of methoxy groups -OCH3 is 1. The lowest BCUT2D eigenvalue weighted by Crippen LogP contribution is -2.14. The van der Waals surface area contributed by atoms with Gasteiger partial charge in [-0.25, -0.2) is 9.78 Å². The van der Waals surface area contributed by atoms with Gasteiger partial charge in [0.05, 0.1) is 33.0 Å². The van der Waals surface area contributed by atoms with Crippen molar-refractivity contribution in [2.75, 3.05) is 46.8 Å². The number of carbonyl (C=O) groups is 1. The molecule has 0 fully saturated rings. The first-order valence-electron chi connectivity index (χ1n) is 6.18. The summed E-state index contributed by atoms with van der Waals surface area (Å²) < 4.78 is 20.2. The third-order valence-corrected chi connectivity index (χ3v) is 2.40. The van der Waals surface area contributed by atoms with E-state index in [-0.39, 0.29) is 17.5 Å². The molecule has 0 unspecified atom stereocenters. The zero-order valence-electron chi connectivity index (χ0n) is 11.3. The average Bonchev–Trinajstić information content (AvgIpc) is 2.45. The molecule has 0 aliphatic rings. The number of nitrogens with zero attached hydrogens (tertiary/aromatic N) is 1. The maximum absolute atomic E-state index is 11.6. The standard InChI is InChI=1S/C13H18ClNO5/c1-17-5-6-18-7-8-19-9-10-20-13(16)11-3-2-4-12(14)15-11/h2-4H,5-10H2,1H3. The first kappa shape index (κ1) is 16.8. The Morgan fingerprint density at radius 3 is 2.40 bits per heavy atom. The number of pyridine rings is 1. The molecular formula is C13H18ClNO5. The van der Waals surface area contributed by atoms with E-state index in [0.29, 0.717) is 33.0 Å². The Morgan fingerprint density at radius 2 is 1.75 bits per heavy atom. The maximum atomic E-state index is 11.6. The maximum Gasteiger partial charge on any atom is 0.357 e. The van der Waals surface area contributed by atoms with Gasteiger partial charge >= 0.3 is 5.97 Å². The number of hydrogen-bond acceptors (Lipinski definition) is 6. The molecule has 0 spiro atoms. The van der Waals surface area contributed by atoms with Crippen molar-refractivity contribution in [3.8, 4) is 0 Å². The van der Waals surface area contributed by atoms with Crippen molar-refractivity contribution in [3.05, 3.63) is 29.0 Å². The molecule has 0 radical (unpaired) electrons. The molecule has 0 saturated carbocycles. The summed E-state index contributed by atoms with van der Waals surface area (Å²) in [6.45, 7) is 2.48. The molecule has 0 aliphatic carbocycles. The predicted molar refractivity (Wildman–Crippen MR) is 73.0 cm³/mol. The molecule has 0 bridgehead atoms. The van der Waals surface area contributed by atoms with Crippen LogP contribution in [-0.2, 0) is 18.9 Å². The number of halogens is 1. The molecule has 20 heavy (non-hydrogen) atoms. The normalized spacial score (nSPS) is 10.5. The molecule has 1 heterocycles. The van der Waals surface area contributed by atoms with Crippen LogP contribution < -0.4 is 0 Å². The van der Waals surface area contributed by atoms with E-state index in [1.54, 1.807) is 25.3 Å². The molecule has 6 nitrogen and oxygen atoms in total. The number of esters is 1. The molecule has 112 valence electrons. The van der Waals surface area contributed by atoms with Crippen LogP contribution in [0.5, 0.6) is 0 Å². The van der Waals surface area contributed by atoms with Crippen LogP contribution in [0.4, 0.5) is 0 Å². The van der Waals surface area contributed by atoms with Crippen LogP contribution in [0.3, 0.4) is 0 Å². The van der Waals surface area contributed by atoms with E-state index in [9.17, 15) is 4.79 Å². The summed E-state index contributed by atoms with van der Waals surface area (Å²) in [6, 6.07) is 4.77. The fourth-order valence-corrected chi connectivity index (χ4v) is 1.42. The van der Waals surface area contributed by atoms with Gasteiger partial charge in [-0.05, 0) is 12.1 Å². The van der Waals surface area contributed by atoms with Gasteiger partial charge in [0.1, 0.15) is 17.5 Å². The Morgan fingerprint density at radius 1 is 1.10 bits per heavy atom. The van der Waals surface area contributed by atoms with Crippen molar-refractivity contribution in [1.82, 2.24) is 4.98 Å². The van der Waals surface area contributed by atoms with Gasteiger partial charge < -0.3 is 18.9 Å². The SMILES string of the molecule is COCCOCCOCCOC(=O)c1cccc(Cl)n1. The molecule has 0 amide bonds. The second kappa shape index (κ2) is 10.6. The lowest BCUT2D eigenvalue weighted by Gasteiger charge is -2.06. The fraction of sp³-hybridized carbons (Fsp3) is 0.538. The summed E-state index contributed by atoms with van der Waals surface area (Å²) in [6.07, 6.45) is 0. The van der Waals surface area contributed by atoms with Gasteiger partial charge in [0, 0.05) is 7.11 Å². The predicted octanol–water partition coefficient (Wildman–Crippen LogP) is 1.57. The Labute approximate surface area is 122 Å². The van der Waals surface area contributed by atoms with Crippen molar-refractivity contribution in [2.24, 2.45) is 0 Å². The summed E-state index contributed by atoms with van der Waals surface area (Å²) in [5.74, 6) is -0.521. The lowest BCUT2D eigenvalue weighted by molar-refractivity contribution is 0.00549. The van der Waals surface area contributed by atoms with Gasteiger partial charge in [-0.2, -0.15) is 0 Å². The van der Waals surface area contributed by atoms with Crippen molar-refractivity contribution < 1.29 is 23.7 Å². The first-order chi connectivity index (χ1) is 9.74. The highest BCUT2D eigenvalue weighted by Crippen LogP contribution is 2.06. The highest BCUT2D eigenvalue weighted by Gasteiger charge is 2.08. The monoisotopic (exact) mass is 303 g/mol. The number of aromatic nitrogens is 1. The van der Waals surface area contributed by atoms with E-state index < -0.39 is 5.97 Å². The molecule has 0 aliphatic heterocycles. The Bertz CT molecular complexity index is 402. The van der Waals surface area contributed by atoms with E-state index in [1.807, 2.05) is 0 Å². The summed E-state index contributed by atoms with van der Waals surface area (Å²) in [4.78, 5) is 15.4. The van der Waals surface area contributed by atoms with Crippen molar-refractivity contribution in [3.63, 3.8) is 0 Å². The minimum atomic E-state index is -0.521. The van der Waals surface area contributed by atoms with Crippen LogP contribution in [0.25, 0.3) is 0 Å². The van der Waals surface area contributed by atoms with E-state index in [1.165, 1.54) is 0 Å². The quantitative estimate of drug-likeness (QED) is 0.371. The molecule has 0 N–H and O–H groups in total. The van der Waals surface area contributed by atoms with E-state index in [2.05, 4.69) is 4.98 Å². The number of ether oxygens (including phenoxy) is 4. The third-order valence-electron chi connectivity index (χ3n) is 2.19. The molecular weight excluding hydrogens is 286 g/mol. The number of carbonyl (C=O) groups excluding carboxylic acids is 1. The molecule has 0 aromatic carbocycles. The summed E-state index contributed by atoms with van der Waals surface area (Å²) in [5, 5.41) is 0.254. The van der Waals surface area contributed by atoms with E-state index in [0.717, 1.165) is 0 Å². The highest BCUT2D eigenvalue weighted by molar-refractivity contribution is 6.29. The largest absolute Gasteiger partial charge is 0.459 e. The number of hydrogen-bond donors (Lipinski definition) is 0. The molecule has 1 rings (SSSR count). The van der Waals surface area contributed by atoms with E-state index >= 15 is 0 Å². The van der Waals surface area contributed by atoms with Gasteiger partial charge in [-0.15, -0.1) is 0 Å². The molecule has 1 aromatic heterocycles. The van der Waals surface area contributed by atoms with Crippen LogP contribution in [-0.4, -0.2) is 57.7 Å². The minimum Gasteiger partial charge on any atom is -0.459 e. The van der Waals surface area contributed by atoms with Gasteiger partial charge in [0.15, 0.2) is 0 Å². The van der Waals surface area contributed by atoms with Gasteiger partial charge in [-0.1, -0.05) is 17.7 Å². The molecule has 7 heteroatoms. The lowest BCUT2D eigenvalue weighted by atomic mass is 10.3. The average molecular weight is 304 g/mol. The van der Waals surface area contributed by atoms with Gasteiger partial charge in [-0.3, -0.25) is 0 Å². The Kier molecular flexibility index (Phi) is 8.90. The zero-order chi connectivity index (χ0) is 14.6. The summed E-state index contributed by atoms with van der Waals surface area (Å²) in [5.41, 5.74) is 0.181. The van der Waals surface area contributed by atoms with Crippen LogP contribution in [0.1, 0.15) is 10.5 Å². The van der Waals surface area contributed by atoms with Crippen LogP contribution >= 0.6 is 11.6 Å². The van der Waals surface area contributed by atoms with Gasteiger partial charge in [0.2, 0.25) is 0 Å². The Hall–Kier alpha value is -1.21. The zero-order valence-corrected chi connectivity index (χ0v) is 12.1. The fourth-order valence-electron chi connectivity index (χ4n) is 1.25. The second-order valence-electron chi connectivity index (χ2n) is 3.70. The summed E-state index contributed by atoms with van der Waals surface area (Å²) >= 11 is 5.68. The smallest absolute Gasteiger partial charge is 0.357 e. The van der Waals surface area contributed by atoms with Gasteiger partial charge in [0.25, 0.3) is 0 Å². The molecule has 1 aromatic rings. The summed E-state index contributed by atoms with van der Waals surface area (Å²) in [7, 11) is 1.61. The van der Waals surface area contributed by atoms with Crippen molar-refractivity contribution in [1.29, 1.82) is 0 Å². The molecule has 0 atom stereocenters. The topological polar surface area (TPSA) is 66.9 Å². The Balaban J connectivity index is 2.02. The van der Waals surface area contributed by atoms with Crippen molar-refractivity contribution in [2.45, 2.75) is 0 Å². The highest BCUT2D eigenvalue weighted by atomic mass is 35.5. The number of rotatable bonds is 10. The van der Waals surface area contributed by atoms with Crippen LogP contribution in [0.15, 0.2) is 18.2 Å². The van der Waals surface area contributed by atoms with Crippen LogP contribution in [0.2, 0.25) is 5.15 Å². The second-order valence-corrected chi connectivity index (χ2v) is 4.09. The molecule has 0 saturated heterocycles. The van der Waals surface area contributed by atoms with E-state index in [4.69, 9.17) is 30.5 Å². The third kappa shape index (κ3) is 7.40. The van der Waals surface area contributed by atoms with Crippen molar-refractivity contribution >= 4 is 17.6 Å². The van der Waals surface area contributed by atoms with Crippen LogP contribution in [0, 0.1) is 0 Å². The minimum absolute atomic E-state index is 0.158.